The molecule has 0 aliphatic heterocycles. The second-order valence-corrected chi connectivity index (χ2v) is 16.0. The Morgan fingerprint density at radius 1 is 0.379 bits per heavy atom. The van der Waals surface area contributed by atoms with Crippen molar-refractivity contribution in [2.75, 3.05) is 4.90 Å². The van der Waals surface area contributed by atoms with E-state index in [9.17, 15) is 0 Å². The molecule has 0 radical (unpaired) electrons. The molecule has 3 aromatic heterocycles. The van der Waals surface area contributed by atoms with Crippen LogP contribution in [-0.2, 0) is 0 Å². The first-order chi connectivity index (χ1) is 28.7. The lowest BCUT2D eigenvalue weighted by atomic mass is 9.98. The van der Waals surface area contributed by atoms with Crippen molar-refractivity contribution in [2.24, 2.45) is 0 Å². The lowest BCUT2D eigenvalue weighted by molar-refractivity contribution is 0.669. The fourth-order valence-electron chi connectivity index (χ4n) is 8.88. The van der Waals surface area contributed by atoms with Gasteiger partial charge in [-0.2, -0.15) is 0 Å². The van der Waals surface area contributed by atoms with Crippen LogP contribution in [0.1, 0.15) is 0 Å². The molecule has 0 unspecified atom stereocenters. The second-order valence-electron chi connectivity index (χ2n) is 14.9. The number of thiophene rings is 1. The third-order valence-electron chi connectivity index (χ3n) is 11.6. The Morgan fingerprint density at radius 3 is 1.88 bits per heavy atom. The molecule has 4 heteroatoms. The van der Waals surface area contributed by atoms with E-state index in [0.717, 1.165) is 50.3 Å². The molecule has 3 heterocycles. The molecular weight excluding hydrogens is 725 g/mol. The van der Waals surface area contributed by atoms with Crippen molar-refractivity contribution in [1.29, 1.82) is 0 Å². The number of hydrogen-bond acceptors (Lipinski definition) is 3. The first-order valence-corrected chi connectivity index (χ1v) is 20.5. The molecule has 272 valence electrons. The summed E-state index contributed by atoms with van der Waals surface area (Å²) in [6.45, 7) is 0. The van der Waals surface area contributed by atoms with E-state index in [1.807, 2.05) is 23.5 Å². The number of hydrogen-bond donors (Lipinski definition) is 0. The van der Waals surface area contributed by atoms with Crippen molar-refractivity contribution >= 4 is 92.3 Å². The minimum absolute atomic E-state index is 0.878. The molecule has 0 saturated carbocycles. The molecule has 3 nitrogen and oxygen atoms in total. The third kappa shape index (κ3) is 5.19. The van der Waals surface area contributed by atoms with Crippen molar-refractivity contribution in [3.63, 3.8) is 0 Å². The molecule has 0 fully saturated rings. The number of aromatic nitrogens is 1. The number of furan rings is 1. The molecule has 9 aromatic carbocycles. The van der Waals surface area contributed by atoms with Crippen LogP contribution in [0.3, 0.4) is 0 Å². The number of anilines is 3. The van der Waals surface area contributed by atoms with Gasteiger partial charge in [0.25, 0.3) is 0 Å². The SMILES string of the molecule is c1ccc(-n2c3ccccc3c3ccc(-c4cccc(-c5ccc(N(c6ccc7c(c6)oc6ccccc67)c6cccc7c6sc6ccccc67)cc5)c4)cc32)cc1. The summed E-state index contributed by atoms with van der Waals surface area (Å²) in [5, 5.41) is 7.32. The van der Waals surface area contributed by atoms with Gasteiger partial charge in [0, 0.05) is 60.1 Å². The highest BCUT2D eigenvalue weighted by Crippen LogP contribution is 2.46. The minimum Gasteiger partial charge on any atom is -0.456 e. The Kier molecular flexibility index (Phi) is 7.40. The van der Waals surface area contributed by atoms with Gasteiger partial charge in [-0.05, 0) is 95.1 Å². The summed E-state index contributed by atoms with van der Waals surface area (Å²) in [7, 11) is 0. The van der Waals surface area contributed by atoms with Crippen LogP contribution in [0.4, 0.5) is 17.1 Å². The Labute approximate surface area is 338 Å². The average molecular weight is 759 g/mol. The van der Waals surface area contributed by atoms with Crippen LogP contribution in [0.2, 0.25) is 0 Å². The van der Waals surface area contributed by atoms with Gasteiger partial charge in [0.1, 0.15) is 11.2 Å². The van der Waals surface area contributed by atoms with Crippen LogP contribution >= 0.6 is 11.3 Å². The van der Waals surface area contributed by atoms with Crippen molar-refractivity contribution in [1.82, 2.24) is 4.57 Å². The molecule has 0 spiro atoms. The maximum Gasteiger partial charge on any atom is 0.137 e. The predicted octanol–water partition coefficient (Wildman–Crippen LogP) is 15.9. The summed E-state index contributed by atoms with van der Waals surface area (Å²) in [5.74, 6) is 0. The number of para-hydroxylation sites is 3. The topological polar surface area (TPSA) is 21.3 Å². The molecule has 12 rings (SSSR count). The van der Waals surface area contributed by atoms with Gasteiger partial charge in [-0.25, -0.2) is 0 Å². The molecule has 0 amide bonds. The van der Waals surface area contributed by atoms with Crippen LogP contribution < -0.4 is 4.90 Å². The van der Waals surface area contributed by atoms with Gasteiger partial charge in [0.2, 0.25) is 0 Å². The van der Waals surface area contributed by atoms with Gasteiger partial charge in [-0.1, -0.05) is 127 Å². The lowest BCUT2D eigenvalue weighted by Crippen LogP contribution is -2.10. The van der Waals surface area contributed by atoms with Crippen LogP contribution in [0.15, 0.2) is 211 Å². The number of fused-ring (bicyclic) bond motifs is 9. The van der Waals surface area contributed by atoms with Crippen LogP contribution in [0.25, 0.3) is 91.9 Å². The summed E-state index contributed by atoms with van der Waals surface area (Å²) in [4.78, 5) is 2.38. The standard InChI is InChI=1S/C54H34N2OS/c1-2-14-39(15-3-1)56-48-20-7-4-16-42(48)43-30-26-38(33-50(43)56)37-13-10-12-36(32-37)35-24-27-40(28-25-35)55(41-29-31-45-44-17-5-8-22-51(44)57-52(45)34-41)49-21-11-19-47-46-18-6-9-23-53(46)58-54(47)49/h1-34H. The number of benzene rings is 9. The van der Waals surface area contributed by atoms with E-state index in [1.54, 1.807) is 0 Å². The van der Waals surface area contributed by atoms with Crippen molar-refractivity contribution in [2.45, 2.75) is 0 Å². The van der Waals surface area contributed by atoms with Gasteiger partial charge >= 0.3 is 0 Å². The molecule has 12 aromatic rings. The van der Waals surface area contributed by atoms with Crippen molar-refractivity contribution < 1.29 is 4.42 Å². The zero-order valence-electron chi connectivity index (χ0n) is 31.3. The fourth-order valence-corrected chi connectivity index (χ4v) is 10.1. The smallest absolute Gasteiger partial charge is 0.137 e. The van der Waals surface area contributed by atoms with Crippen LogP contribution in [0, 0.1) is 0 Å². The van der Waals surface area contributed by atoms with E-state index in [1.165, 1.54) is 58.7 Å². The maximum atomic E-state index is 6.42. The Morgan fingerprint density at radius 2 is 1.00 bits per heavy atom. The summed E-state index contributed by atoms with van der Waals surface area (Å²) in [5.41, 5.74) is 13.4. The first kappa shape index (κ1) is 32.8. The van der Waals surface area contributed by atoms with Gasteiger partial charge in [0.05, 0.1) is 21.4 Å². The van der Waals surface area contributed by atoms with Crippen LogP contribution in [0.5, 0.6) is 0 Å². The Bertz CT molecular complexity index is 3520. The number of nitrogens with zero attached hydrogens (tertiary/aromatic N) is 2. The molecule has 58 heavy (non-hydrogen) atoms. The van der Waals surface area contributed by atoms with Gasteiger partial charge in [-0.15, -0.1) is 11.3 Å². The molecule has 0 N–H and O–H groups in total. The lowest BCUT2D eigenvalue weighted by Gasteiger charge is -2.26. The molecule has 0 saturated heterocycles. The van der Waals surface area contributed by atoms with E-state index in [4.69, 9.17) is 4.42 Å². The van der Waals surface area contributed by atoms with E-state index in [2.05, 4.69) is 204 Å². The monoisotopic (exact) mass is 758 g/mol. The van der Waals surface area contributed by atoms with E-state index in [-0.39, 0.29) is 0 Å². The number of rotatable bonds is 6. The predicted molar refractivity (Wildman–Crippen MR) is 247 cm³/mol. The Balaban J connectivity index is 0.963. The Hall–Kier alpha value is -7.40. The summed E-state index contributed by atoms with van der Waals surface area (Å²) in [6.07, 6.45) is 0. The van der Waals surface area contributed by atoms with Crippen molar-refractivity contribution in [3.05, 3.63) is 206 Å². The van der Waals surface area contributed by atoms with E-state index >= 15 is 0 Å². The fraction of sp³-hybridized carbons (Fsp3) is 0. The molecule has 0 aliphatic carbocycles. The zero-order valence-corrected chi connectivity index (χ0v) is 32.2. The van der Waals surface area contributed by atoms with Gasteiger partial charge in [0.15, 0.2) is 0 Å². The summed E-state index contributed by atoms with van der Waals surface area (Å²) >= 11 is 1.85. The third-order valence-corrected chi connectivity index (χ3v) is 12.8. The van der Waals surface area contributed by atoms with Gasteiger partial charge in [-0.3, -0.25) is 0 Å². The first-order valence-electron chi connectivity index (χ1n) is 19.7. The van der Waals surface area contributed by atoms with E-state index in [0.29, 0.717) is 0 Å². The van der Waals surface area contributed by atoms with E-state index < -0.39 is 0 Å². The van der Waals surface area contributed by atoms with Crippen LogP contribution in [-0.4, -0.2) is 4.57 Å². The highest BCUT2D eigenvalue weighted by Gasteiger charge is 2.20. The summed E-state index contributed by atoms with van der Waals surface area (Å²) < 4.78 is 11.3. The molecule has 0 aliphatic rings. The molecular formula is C54H34N2OS. The normalized spacial score (nSPS) is 11.8. The molecule has 0 bridgehead atoms. The largest absolute Gasteiger partial charge is 0.456 e. The molecule has 0 atom stereocenters. The quantitative estimate of drug-likeness (QED) is 0.168. The maximum absolute atomic E-state index is 6.42. The average Bonchev–Trinajstić information content (AvgIpc) is 3.97. The van der Waals surface area contributed by atoms with Gasteiger partial charge < -0.3 is 13.9 Å². The summed E-state index contributed by atoms with van der Waals surface area (Å²) in [6, 6.07) is 74.4. The second kappa shape index (κ2) is 13.1. The minimum atomic E-state index is 0.878. The highest BCUT2D eigenvalue weighted by molar-refractivity contribution is 7.26. The highest BCUT2D eigenvalue weighted by atomic mass is 32.1. The zero-order chi connectivity index (χ0) is 38.2. The van der Waals surface area contributed by atoms with Crippen molar-refractivity contribution in [3.8, 4) is 27.9 Å².